The molecule has 1 fully saturated rings. The van der Waals surface area contributed by atoms with Gasteiger partial charge in [0.1, 0.15) is 0 Å². The van der Waals surface area contributed by atoms with Gasteiger partial charge in [-0.25, -0.2) is 0 Å². The van der Waals surface area contributed by atoms with E-state index in [4.69, 9.17) is 0 Å². The summed E-state index contributed by atoms with van der Waals surface area (Å²) in [5.74, 6) is 0. The summed E-state index contributed by atoms with van der Waals surface area (Å²) in [6.07, 6.45) is 3.78. The third-order valence-electron chi connectivity index (χ3n) is 4.46. The molecular formula is C18H24N2. The Labute approximate surface area is 121 Å². The zero-order valence-electron chi connectivity index (χ0n) is 12.3. The molecule has 1 saturated heterocycles. The molecule has 1 aliphatic heterocycles. The zero-order chi connectivity index (χ0) is 13.8. The Hall–Kier alpha value is -1.38. The highest BCUT2D eigenvalue weighted by molar-refractivity contribution is 5.82. The van der Waals surface area contributed by atoms with Crippen LogP contribution in [-0.4, -0.2) is 37.6 Å². The maximum absolute atomic E-state index is 3.50. The number of fused-ring (bicyclic) bond motifs is 1. The molecule has 1 atom stereocenters. The molecule has 0 aromatic heterocycles. The minimum Gasteiger partial charge on any atom is -0.315 e. The highest BCUT2D eigenvalue weighted by Gasteiger charge is 2.17. The van der Waals surface area contributed by atoms with Gasteiger partial charge in [0.2, 0.25) is 0 Å². The van der Waals surface area contributed by atoms with Crippen LogP contribution < -0.4 is 5.32 Å². The normalized spacial score (nSPS) is 19.6. The van der Waals surface area contributed by atoms with Crippen LogP contribution in [0.25, 0.3) is 10.8 Å². The van der Waals surface area contributed by atoms with Gasteiger partial charge in [0, 0.05) is 19.1 Å². The average Bonchev–Trinajstić information content (AvgIpc) is 2.53. The molecule has 2 heteroatoms. The van der Waals surface area contributed by atoms with E-state index >= 15 is 0 Å². The van der Waals surface area contributed by atoms with Crippen LogP contribution in [0.1, 0.15) is 18.4 Å². The molecule has 3 rings (SSSR count). The van der Waals surface area contributed by atoms with E-state index in [1.54, 1.807) is 0 Å². The molecule has 0 spiro atoms. The van der Waals surface area contributed by atoms with E-state index in [1.165, 1.54) is 35.7 Å². The average molecular weight is 268 g/mol. The molecule has 2 aromatic carbocycles. The van der Waals surface area contributed by atoms with Crippen LogP contribution in [0.3, 0.4) is 0 Å². The van der Waals surface area contributed by atoms with Crippen molar-refractivity contribution in [1.29, 1.82) is 0 Å². The number of hydrogen-bond acceptors (Lipinski definition) is 2. The van der Waals surface area contributed by atoms with Crippen molar-refractivity contribution in [3.05, 3.63) is 48.0 Å². The maximum Gasteiger partial charge on any atom is 0.0218 e. The standard InChI is InChI=1S/C18H24N2/c1-20(18-7-4-11-19-14-18)12-10-15-8-9-16-5-2-3-6-17(16)13-15/h2-3,5-6,8-9,13,18-19H,4,7,10-12,14H2,1H3. The monoisotopic (exact) mass is 268 g/mol. The van der Waals surface area contributed by atoms with Gasteiger partial charge in [-0.05, 0) is 49.2 Å². The summed E-state index contributed by atoms with van der Waals surface area (Å²) in [5.41, 5.74) is 1.44. The smallest absolute Gasteiger partial charge is 0.0218 e. The number of rotatable bonds is 4. The molecule has 1 N–H and O–H groups in total. The lowest BCUT2D eigenvalue weighted by molar-refractivity contribution is 0.205. The predicted molar refractivity (Wildman–Crippen MR) is 86.2 cm³/mol. The Morgan fingerprint density at radius 1 is 1.15 bits per heavy atom. The fourth-order valence-corrected chi connectivity index (χ4v) is 3.09. The summed E-state index contributed by atoms with van der Waals surface area (Å²) in [7, 11) is 2.26. The molecule has 2 aromatic rings. The van der Waals surface area contributed by atoms with Crippen LogP contribution >= 0.6 is 0 Å². The van der Waals surface area contributed by atoms with Gasteiger partial charge >= 0.3 is 0 Å². The first-order chi connectivity index (χ1) is 9.83. The predicted octanol–water partition coefficient (Wildman–Crippen LogP) is 3.07. The van der Waals surface area contributed by atoms with E-state index in [0.717, 1.165) is 19.5 Å². The summed E-state index contributed by atoms with van der Waals surface area (Å²) >= 11 is 0. The van der Waals surface area contributed by atoms with Crippen LogP contribution in [0, 0.1) is 0 Å². The van der Waals surface area contributed by atoms with Crippen LogP contribution in [0.4, 0.5) is 0 Å². The first-order valence-corrected chi connectivity index (χ1v) is 7.71. The third-order valence-corrected chi connectivity index (χ3v) is 4.46. The van der Waals surface area contributed by atoms with Crippen LogP contribution in [-0.2, 0) is 6.42 Å². The Kier molecular flexibility index (Phi) is 4.34. The fourth-order valence-electron chi connectivity index (χ4n) is 3.09. The van der Waals surface area contributed by atoms with Crippen molar-refractivity contribution < 1.29 is 0 Å². The van der Waals surface area contributed by atoms with Gasteiger partial charge < -0.3 is 10.2 Å². The highest BCUT2D eigenvalue weighted by Crippen LogP contribution is 2.16. The van der Waals surface area contributed by atoms with E-state index < -0.39 is 0 Å². The summed E-state index contributed by atoms with van der Waals surface area (Å²) < 4.78 is 0. The van der Waals surface area contributed by atoms with E-state index in [2.05, 4.69) is 59.7 Å². The van der Waals surface area contributed by atoms with Gasteiger partial charge in [-0.15, -0.1) is 0 Å². The van der Waals surface area contributed by atoms with Crippen molar-refractivity contribution in [2.24, 2.45) is 0 Å². The Balaban J connectivity index is 1.61. The Morgan fingerprint density at radius 3 is 2.80 bits per heavy atom. The molecule has 0 aliphatic carbocycles. The van der Waals surface area contributed by atoms with Gasteiger partial charge in [0.05, 0.1) is 0 Å². The lowest BCUT2D eigenvalue weighted by Gasteiger charge is -2.31. The molecule has 0 bridgehead atoms. The largest absolute Gasteiger partial charge is 0.315 e. The van der Waals surface area contributed by atoms with Crippen molar-refractivity contribution >= 4 is 10.8 Å². The minimum absolute atomic E-state index is 0.712. The molecule has 20 heavy (non-hydrogen) atoms. The van der Waals surface area contributed by atoms with E-state index in [-0.39, 0.29) is 0 Å². The van der Waals surface area contributed by atoms with E-state index in [9.17, 15) is 0 Å². The van der Waals surface area contributed by atoms with Crippen molar-refractivity contribution in [2.75, 3.05) is 26.7 Å². The summed E-state index contributed by atoms with van der Waals surface area (Å²) in [6.45, 7) is 3.48. The molecule has 1 heterocycles. The van der Waals surface area contributed by atoms with Crippen molar-refractivity contribution in [1.82, 2.24) is 10.2 Å². The maximum atomic E-state index is 3.50. The number of likely N-dealkylation sites (N-methyl/N-ethyl adjacent to an activating group) is 1. The van der Waals surface area contributed by atoms with Gasteiger partial charge in [0.25, 0.3) is 0 Å². The first kappa shape index (κ1) is 13.6. The molecule has 0 saturated carbocycles. The lowest BCUT2D eigenvalue weighted by atomic mass is 10.0. The van der Waals surface area contributed by atoms with Crippen molar-refractivity contribution in [3.8, 4) is 0 Å². The van der Waals surface area contributed by atoms with E-state index in [1.807, 2.05) is 0 Å². The molecule has 1 aliphatic rings. The number of nitrogens with one attached hydrogen (secondary N) is 1. The second kappa shape index (κ2) is 6.38. The summed E-state index contributed by atoms with van der Waals surface area (Å²) in [4.78, 5) is 2.52. The molecule has 1 unspecified atom stereocenters. The van der Waals surface area contributed by atoms with Gasteiger partial charge in [-0.1, -0.05) is 42.5 Å². The summed E-state index contributed by atoms with van der Waals surface area (Å²) in [6, 6.07) is 16.2. The van der Waals surface area contributed by atoms with Crippen LogP contribution in [0.2, 0.25) is 0 Å². The van der Waals surface area contributed by atoms with Crippen LogP contribution in [0.5, 0.6) is 0 Å². The molecule has 0 amide bonds. The fraction of sp³-hybridized carbons (Fsp3) is 0.444. The van der Waals surface area contributed by atoms with Gasteiger partial charge in [-0.2, -0.15) is 0 Å². The second-order valence-corrected chi connectivity index (χ2v) is 5.91. The van der Waals surface area contributed by atoms with Gasteiger partial charge in [-0.3, -0.25) is 0 Å². The van der Waals surface area contributed by atoms with Gasteiger partial charge in [0.15, 0.2) is 0 Å². The lowest BCUT2D eigenvalue weighted by Crippen LogP contribution is -2.44. The number of nitrogens with zero attached hydrogens (tertiary/aromatic N) is 1. The molecule has 2 nitrogen and oxygen atoms in total. The molecule has 106 valence electrons. The number of hydrogen-bond donors (Lipinski definition) is 1. The number of piperidine rings is 1. The Bertz CT molecular complexity index is 558. The first-order valence-electron chi connectivity index (χ1n) is 7.71. The highest BCUT2D eigenvalue weighted by atomic mass is 15.2. The number of benzene rings is 2. The molecular weight excluding hydrogens is 244 g/mol. The quantitative estimate of drug-likeness (QED) is 0.917. The third kappa shape index (κ3) is 3.20. The topological polar surface area (TPSA) is 15.3 Å². The zero-order valence-corrected chi connectivity index (χ0v) is 12.3. The SMILES string of the molecule is CN(CCc1ccc2ccccc2c1)C1CCCNC1. The molecule has 0 radical (unpaired) electrons. The van der Waals surface area contributed by atoms with Crippen molar-refractivity contribution in [3.63, 3.8) is 0 Å². The minimum atomic E-state index is 0.712. The second-order valence-electron chi connectivity index (χ2n) is 5.91. The van der Waals surface area contributed by atoms with E-state index in [0.29, 0.717) is 6.04 Å². The Morgan fingerprint density at radius 2 is 2.00 bits per heavy atom. The van der Waals surface area contributed by atoms with Crippen molar-refractivity contribution in [2.45, 2.75) is 25.3 Å². The van der Waals surface area contributed by atoms with Crippen LogP contribution in [0.15, 0.2) is 42.5 Å². The summed E-state index contributed by atoms with van der Waals surface area (Å²) in [5, 5.41) is 6.18.